The van der Waals surface area contributed by atoms with Crippen LogP contribution in [0, 0.1) is 5.92 Å². The third kappa shape index (κ3) is 4.82. The van der Waals surface area contributed by atoms with E-state index in [9.17, 15) is 0 Å². The molecule has 0 spiro atoms. The molecule has 3 aliphatic rings. The van der Waals surface area contributed by atoms with Crippen LogP contribution >= 0.6 is 0 Å². The summed E-state index contributed by atoms with van der Waals surface area (Å²) in [6.45, 7) is 0. The number of pyridine rings is 2. The van der Waals surface area contributed by atoms with Crippen molar-refractivity contribution in [2.24, 2.45) is 5.92 Å². The number of aromatic nitrogens is 2. The van der Waals surface area contributed by atoms with E-state index in [1.807, 2.05) is 12.4 Å². The van der Waals surface area contributed by atoms with Gasteiger partial charge >= 0.3 is 0 Å². The van der Waals surface area contributed by atoms with E-state index in [0.29, 0.717) is 0 Å². The fourth-order valence-electron chi connectivity index (χ4n) is 10.7. The number of hydrogen-bond donors (Lipinski definition) is 0. The van der Waals surface area contributed by atoms with Crippen LogP contribution in [0.15, 0.2) is 212 Å². The molecule has 0 N–H and O–H groups in total. The molecule has 2 nitrogen and oxygen atoms in total. The Morgan fingerprint density at radius 3 is 1.83 bits per heavy atom. The fraction of sp³-hybridized carbons (Fsp3) is 0.0345. The highest BCUT2D eigenvalue weighted by Gasteiger charge is 2.42. The zero-order valence-electron chi connectivity index (χ0n) is 32.7. The number of benzene rings is 8. The third-order valence-corrected chi connectivity index (χ3v) is 13.3. The second kappa shape index (κ2) is 12.9. The molecule has 3 aliphatic carbocycles. The van der Waals surface area contributed by atoms with Gasteiger partial charge in [0.1, 0.15) is 0 Å². The molecule has 2 atom stereocenters. The van der Waals surface area contributed by atoms with Gasteiger partial charge in [0.25, 0.3) is 0 Å². The van der Waals surface area contributed by atoms with Crippen molar-refractivity contribution < 1.29 is 0 Å². The highest BCUT2D eigenvalue weighted by atomic mass is 14.7. The van der Waals surface area contributed by atoms with Crippen LogP contribution < -0.4 is 0 Å². The minimum Gasteiger partial charge on any atom is -0.256 e. The molecule has 0 bridgehead atoms. The Morgan fingerprint density at radius 2 is 1.07 bits per heavy atom. The Balaban J connectivity index is 1.09. The van der Waals surface area contributed by atoms with Crippen molar-refractivity contribution in [3.8, 4) is 11.1 Å². The first-order chi connectivity index (χ1) is 29.8. The summed E-state index contributed by atoms with van der Waals surface area (Å²) < 4.78 is 0. The van der Waals surface area contributed by atoms with Crippen LogP contribution in [0.4, 0.5) is 0 Å². The van der Waals surface area contributed by atoms with Crippen molar-refractivity contribution >= 4 is 76.4 Å². The zero-order chi connectivity index (χ0) is 39.3. The maximum Gasteiger partial charge on any atom is 0.0787 e. The lowest BCUT2D eigenvalue weighted by Gasteiger charge is -2.38. The van der Waals surface area contributed by atoms with Crippen molar-refractivity contribution in [3.63, 3.8) is 0 Å². The molecule has 0 fully saturated rings. The average Bonchev–Trinajstić information content (AvgIpc) is 3.65. The quantitative estimate of drug-likeness (QED) is 0.167. The van der Waals surface area contributed by atoms with E-state index < -0.39 is 0 Å². The summed E-state index contributed by atoms with van der Waals surface area (Å²) in [6, 6.07) is 64.6. The lowest BCUT2D eigenvalue weighted by molar-refractivity contribution is 0.693. The van der Waals surface area contributed by atoms with Gasteiger partial charge in [0.15, 0.2) is 0 Å². The van der Waals surface area contributed by atoms with Gasteiger partial charge in [-0.2, -0.15) is 0 Å². The van der Waals surface area contributed by atoms with Gasteiger partial charge in [-0.3, -0.25) is 9.97 Å². The molecule has 0 radical (unpaired) electrons. The summed E-state index contributed by atoms with van der Waals surface area (Å²) >= 11 is 0. The van der Waals surface area contributed by atoms with Crippen LogP contribution in [0.3, 0.4) is 0 Å². The second-order valence-corrected chi connectivity index (χ2v) is 16.4. The minimum atomic E-state index is 0.131. The van der Waals surface area contributed by atoms with Crippen molar-refractivity contribution in [2.45, 2.75) is 5.92 Å². The van der Waals surface area contributed by atoms with E-state index in [1.165, 1.54) is 88.4 Å². The molecule has 13 rings (SSSR count). The van der Waals surface area contributed by atoms with Crippen molar-refractivity contribution in [3.05, 3.63) is 240 Å². The summed E-state index contributed by atoms with van der Waals surface area (Å²) in [7, 11) is 0. The van der Waals surface area contributed by atoms with Gasteiger partial charge in [0.05, 0.1) is 11.0 Å². The van der Waals surface area contributed by atoms with Crippen LogP contribution in [0.5, 0.6) is 0 Å². The number of hydrogen-bond acceptors (Lipinski definition) is 2. The zero-order valence-corrected chi connectivity index (χ0v) is 32.7. The standard InChI is InChI=1S/C58H36N2/c1-3-14-37(15-4-1)53-42-28-27-41(32-49(42)54(38-16-5-2-6-17-38)56-46-22-10-20-36-19-9-21-45(52(36)46)55(53)56)48-34-51-50(58-44(48)24-12-30-60-58)33-47(43-23-11-29-59-57(43)51)40-26-25-35-13-7-8-18-39(35)31-40/h1-34,42,53H. The first-order valence-electron chi connectivity index (χ1n) is 20.9. The van der Waals surface area contributed by atoms with Gasteiger partial charge in [0.2, 0.25) is 0 Å². The Labute approximate surface area is 347 Å². The number of nitrogens with zero attached hydrogens (tertiary/aromatic N) is 2. The van der Waals surface area contributed by atoms with Crippen LogP contribution in [0.1, 0.15) is 33.7 Å². The predicted molar refractivity (Wildman–Crippen MR) is 251 cm³/mol. The smallest absolute Gasteiger partial charge is 0.0787 e. The minimum absolute atomic E-state index is 0.131. The summed E-state index contributed by atoms with van der Waals surface area (Å²) in [4.78, 5) is 10.2. The largest absolute Gasteiger partial charge is 0.256 e. The SMILES string of the molecule is C1=CC2C(=C(c3ccccc3)C3=C(c4cccc5cccc3c45)C2c2ccccc2)C=C1c1cc2c(cc(-c3ccc4ccccc4c3)c3cccnc32)c2ncccc12. The Bertz CT molecular complexity index is 3580. The van der Waals surface area contributed by atoms with Gasteiger partial charge < -0.3 is 0 Å². The monoisotopic (exact) mass is 760 g/mol. The molecule has 0 aliphatic heterocycles. The van der Waals surface area contributed by atoms with Crippen molar-refractivity contribution in [1.29, 1.82) is 0 Å². The highest BCUT2D eigenvalue weighted by Crippen LogP contribution is 2.61. The average molecular weight is 761 g/mol. The van der Waals surface area contributed by atoms with E-state index in [-0.39, 0.29) is 11.8 Å². The van der Waals surface area contributed by atoms with Crippen molar-refractivity contribution in [2.75, 3.05) is 0 Å². The molecule has 0 saturated carbocycles. The van der Waals surface area contributed by atoms with E-state index >= 15 is 0 Å². The maximum atomic E-state index is 5.14. The molecule has 2 heterocycles. The molecule has 0 amide bonds. The molecule has 8 aromatic carbocycles. The van der Waals surface area contributed by atoms with Crippen LogP contribution in [0.25, 0.3) is 87.5 Å². The van der Waals surface area contributed by atoms with Gasteiger partial charge in [-0.05, 0) is 125 Å². The normalized spacial score (nSPS) is 16.9. The Hall–Kier alpha value is -7.68. The maximum absolute atomic E-state index is 5.14. The Morgan fingerprint density at radius 1 is 0.417 bits per heavy atom. The van der Waals surface area contributed by atoms with Gasteiger partial charge in [-0.1, -0.05) is 158 Å². The van der Waals surface area contributed by atoms with E-state index in [2.05, 4.69) is 194 Å². The molecular weight excluding hydrogens is 725 g/mol. The summed E-state index contributed by atoms with van der Waals surface area (Å²) in [5.41, 5.74) is 17.4. The first kappa shape index (κ1) is 33.3. The lowest BCUT2D eigenvalue weighted by Crippen LogP contribution is -2.22. The van der Waals surface area contributed by atoms with Gasteiger partial charge in [0, 0.05) is 45.8 Å². The van der Waals surface area contributed by atoms with Crippen LogP contribution in [-0.4, -0.2) is 9.97 Å². The molecule has 0 saturated heterocycles. The predicted octanol–water partition coefficient (Wildman–Crippen LogP) is 14.7. The number of allylic oxidation sites excluding steroid dienone is 8. The van der Waals surface area contributed by atoms with E-state index in [4.69, 9.17) is 9.97 Å². The molecule has 2 aromatic heterocycles. The number of rotatable bonds is 4. The molecule has 278 valence electrons. The lowest BCUT2D eigenvalue weighted by atomic mass is 9.65. The molecule has 2 unspecified atom stereocenters. The van der Waals surface area contributed by atoms with Gasteiger partial charge in [-0.25, -0.2) is 0 Å². The Kier molecular flexibility index (Phi) is 7.17. The third-order valence-electron chi connectivity index (χ3n) is 13.3. The topological polar surface area (TPSA) is 25.8 Å². The fourth-order valence-corrected chi connectivity index (χ4v) is 10.7. The second-order valence-electron chi connectivity index (χ2n) is 16.4. The highest BCUT2D eigenvalue weighted by molar-refractivity contribution is 6.29. The van der Waals surface area contributed by atoms with E-state index in [1.54, 1.807) is 0 Å². The van der Waals surface area contributed by atoms with Crippen molar-refractivity contribution in [1.82, 2.24) is 9.97 Å². The first-order valence-corrected chi connectivity index (χ1v) is 20.9. The summed E-state index contributed by atoms with van der Waals surface area (Å²) in [5.74, 6) is 0.277. The molecular formula is C58H36N2. The summed E-state index contributed by atoms with van der Waals surface area (Å²) in [6.07, 6.45) is 11.2. The number of fused-ring (bicyclic) bond motifs is 9. The van der Waals surface area contributed by atoms with Crippen LogP contribution in [0.2, 0.25) is 0 Å². The molecule has 10 aromatic rings. The van der Waals surface area contributed by atoms with Crippen LogP contribution in [-0.2, 0) is 0 Å². The molecule has 2 heteroatoms. The van der Waals surface area contributed by atoms with E-state index in [0.717, 1.165) is 32.6 Å². The molecule has 60 heavy (non-hydrogen) atoms. The summed E-state index contributed by atoms with van der Waals surface area (Å²) in [5, 5.41) is 9.60. The van der Waals surface area contributed by atoms with Gasteiger partial charge in [-0.15, -0.1) is 0 Å².